The fourth-order valence-corrected chi connectivity index (χ4v) is 2.43. The molecule has 2 aromatic rings. The summed E-state index contributed by atoms with van der Waals surface area (Å²) in [6.07, 6.45) is 1.66. The Bertz CT molecular complexity index is 760. The number of hydrazone groups is 1. The molecule has 132 valence electrons. The van der Waals surface area contributed by atoms with Gasteiger partial charge in [-0.3, -0.25) is 4.79 Å². The molecule has 1 amide bonds. The molecule has 0 aliphatic carbocycles. The lowest BCUT2D eigenvalue weighted by atomic mass is 10.1. The molecule has 0 aliphatic heterocycles. The Labute approximate surface area is 151 Å². The summed E-state index contributed by atoms with van der Waals surface area (Å²) in [5.74, 6) is 1.44. The van der Waals surface area contributed by atoms with Crippen molar-refractivity contribution in [3.8, 4) is 17.2 Å². The lowest BCUT2D eigenvalue weighted by Crippen LogP contribution is -2.19. The highest BCUT2D eigenvalue weighted by Crippen LogP contribution is 2.36. The molecule has 0 heterocycles. The first kappa shape index (κ1) is 18.6. The second kappa shape index (κ2) is 8.94. The van der Waals surface area contributed by atoms with Crippen molar-refractivity contribution in [2.24, 2.45) is 5.10 Å². The maximum absolute atomic E-state index is 11.9. The van der Waals surface area contributed by atoms with E-state index in [-0.39, 0.29) is 12.3 Å². The lowest BCUT2D eigenvalue weighted by Gasteiger charge is -2.10. The second-order valence-corrected chi connectivity index (χ2v) is 5.40. The molecule has 0 unspecified atom stereocenters. The molecule has 0 saturated carbocycles. The molecule has 2 rings (SSSR count). The van der Waals surface area contributed by atoms with E-state index in [0.717, 1.165) is 11.3 Å². The van der Waals surface area contributed by atoms with Crippen LogP contribution in [0, 0.1) is 0 Å². The zero-order valence-corrected chi connectivity index (χ0v) is 15.0. The van der Waals surface area contributed by atoms with Crippen LogP contribution in [0.25, 0.3) is 0 Å². The molecular weight excluding hydrogens is 344 g/mol. The highest BCUT2D eigenvalue weighted by Gasteiger charge is 2.12. The summed E-state index contributed by atoms with van der Waals surface area (Å²) in [5.41, 5.74) is 3.93. The third-order valence-electron chi connectivity index (χ3n) is 3.43. The molecule has 0 aliphatic rings. The van der Waals surface area contributed by atoms with E-state index in [1.807, 2.05) is 12.1 Å². The average molecular weight is 363 g/mol. The van der Waals surface area contributed by atoms with Gasteiger partial charge in [0, 0.05) is 5.56 Å². The molecular formula is C18H19ClN2O4. The molecule has 0 bridgehead atoms. The number of nitrogens with one attached hydrogen (secondary N) is 1. The van der Waals surface area contributed by atoms with Gasteiger partial charge in [0.25, 0.3) is 0 Å². The molecule has 0 radical (unpaired) electrons. The van der Waals surface area contributed by atoms with Crippen LogP contribution in [0.15, 0.2) is 41.5 Å². The Morgan fingerprint density at radius 1 is 1.08 bits per heavy atom. The zero-order chi connectivity index (χ0) is 18.2. The summed E-state index contributed by atoms with van der Waals surface area (Å²) in [4.78, 5) is 11.9. The second-order valence-electron chi connectivity index (χ2n) is 5.02. The minimum absolute atomic E-state index is 0.209. The van der Waals surface area contributed by atoms with E-state index in [2.05, 4.69) is 10.5 Å². The topological polar surface area (TPSA) is 69.2 Å². The van der Waals surface area contributed by atoms with Gasteiger partial charge in [0.1, 0.15) is 5.75 Å². The van der Waals surface area contributed by atoms with Crippen LogP contribution >= 0.6 is 11.6 Å². The summed E-state index contributed by atoms with van der Waals surface area (Å²) in [7, 11) is 4.62. The number of benzene rings is 2. The fourth-order valence-electron chi connectivity index (χ4n) is 2.15. The number of methoxy groups -OCH3 is 3. The third kappa shape index (κ3) is 4.87. The van der Waals surface area contributed by atoms with Gasteiger partial charge in [-0.05, 0) is 29.8 Å². The molecule has 0 saturated heterocycles. The number of hydrogen-bond donors (Lipinski definition) is 1. The highest BCUT2D eigenvalue weighted by molar-refractivity contribution is 6.34. The predicted octanol–water partition coefficient (Wildman–Crippen LogP) is 3.06. The van der Waals surface area contributed by atoms with Gasteiger partial charge in [0.05, 0.1) is 39.0 Å². The number of carbonyl (C=O) groups is 1. The Morgan fingerprint density at radius 2 is 1.80 bits per heavy atom. The minimum atomic E-state index is -0.238. The van der Waals surface area contributed by atoms with Crippen molar-refractivity contribution in [2.75, 3.05) is 21.3 Å². The van der Waals surface area contributed by atoms with Gasteiger partial charge >= 0.3 is 0 Å². The first-order chi connectivity index (χ1) is 12.1. The van der Waals surface area contributed by atoms with Gasteiger partial charge in [-0.25, -0.2) is 5.43 Å². The molecule has 6 nitrogen and oxygen atoms in total. The van der Waals surface area contributed by atoms with Crippen molar-refractivity contribution >= 4 is 23.7 Å². The van der Waals surface area contributed by atoms with Crippen molar-refractivity contribution in [3.63, 3.8) is 0 Å². The molecule has 2 aromatic carbocycles. The van der Waals surface area contributed by atoms with Crippen LogP contribution in [0.2, 0.25) is 5.02 Å². The summed E-state index contributed by atoms with van der Waals surface area (Å²) < 4.78 is 15.5. The number of amides is 1. The summed E-state index contributed by atoms with van der Waals surface area (Å²) in [6, 6.07) is 10.7. The SMILES string of the molecule is COc1ccc(CC(=O)N/N=C\c2ccc(OC)c(OC)c2Cl)cc1. The third-order valence-corrected chi connectivity index (χ3v) is 3.82. The number of carbonyl (C=O) groups excluding carboxylic acids is 1. The first-order valence-electron chi connectivity index (χ1n) is 7.44. The van der Waals surface area contributed by atoms with Gasteiger partial charge in [-0.15, -0.1) is 0 Å². The van der Waals surface area contributed by atoms with Crippen LogP contribution in [0.3, 0.4) is 0 Å². The number of halogens is 1. The van der Waals surface area contributed by atoms with Gasteiger partial charge in [-0.1, -0.05) is 23.7 Å². The van der Waals surface area contributed by atoms with Crippen molar-refractivity contribution in [3.05, 3.63) is 52.5 Å². The van der Waals surface area contributed by atoms with Gasteiger partial charge in [-0.2, -0.15) is 5.10 Å². The predicted molar refractivity (Wildman–Crippen MR) is 97.0 cm³/mol. The molecule has 25 heavy (non-hydrogen) atoms. The molecule has 0 spiro atoms. The van der Waals surface area contributed by atoms with E-state index in [1.165, 1.54) is 20.4 Å². The van der Waals surface area contributed by atoms with Crippen molar-refractivity contribution < 1.29 is 19.0 Å². The van der Waals surface area contributed by atoms with E-state index in [9.17, 15) is 4.79 Å². The van der Waals surface area contributed by atoms with E-state index in [1.54, 1.807) is 31.4 Å². The van der Waals surface area contributed by atoms with Gasteiger partial charge < -0.3 is 14.2 Å². The lowest BCUT2D eigenvalue weighted by molar-refractivity contribution is -0.120. The molecule has 0 fully saturated rings. The molecule has 0 atom stereocenters. The maximum Gasteiger partial charge on any atom is 0.244 e. The van der Waals surface area contributed by atoms with Gasteiger partial charge in [0.15, 0.2) is 11.5 Å². The van der Waals surface area contributed by atoms with E-state index < -0.39 is 0 Å². The van der Waals surface area contributed by atoms with Crippen molar-refractivity contribution in [2.45, 2.75) is 6.42 Å². The molecule has 1 N–H and O–H groups in total. The van der Waals surface area contributed by atoms with Crippen LogP contribution in [-0.2, 0) is 11.2 Å². The summed E-state index contributed by atoms with van der Waals surface area (Å²) >= 11 is 6.25. The summed E-state index contributed by atoms with van der Waals surface area (Å²) in [5, 5.41) is 4.29. The monoisotopic (exact) mass is 362 g/mol. The van der Waals surface area contributed by atoms with Crippen LogP contribution in [0.5, 0.6) is 17.2 Å². The maximum atomic E-state index is 11.9. The summed E-state index contributed by atoms with van der Waals surface area (Å²) in [6.45, 7) is 0. The van der Waals surface area contributed by atoms with Crippen molar-refractivity contribution in [1.29, 1.82) is 0 Å². The van der Waals surface area contributed by atoms with Crippen LogP contribution in [0.1, 0.15) is 11.1 Å². The standard InChI is InChI=1S/C18H19ClN2O4/c1-23-14-7-4-12(5-8-14)10-16(22)21-20-11-13-6-9-15(24-2)18(25-3)17(13)19/h4-9,11H,10H2,1-3H3,(H,21,22)/b20-11-. The number of rotatable bonds is 7. The fraction of sp³-hybridized carbons (Fsp3) is 0.222. The van der Waals surface area contributed by atoms with Crippen LogP contribution in [0.4, 0.5) is 0 Å². The Morgan fingerprint density at radius 3 is 2.40 bits per heavy atom. The van der Waals surface area contributed by atoms with Crippen LogP contribution in [-0.4, -0.2) is 33.5 Å². The first-order valence-corrected chi connectivity index (χ1v) is 7.82. The Balaban J connectivity index is 1.99. The molecule has 0 aromatic heterocycles. The van der Waals surface area contributed by atoms with Crippen molar-refractivity contribution in [1.82, 2.24) is 5.43 Å². The van der Waals surface area contributed by atoms with E-state index >= 15 is 0 Å². The number of nitrogens with zero attached hydrogens (tertiary/aromatic N) is 1. The normalized spacial score (nSPS) is 10.6. The van der Waals surface area contributed by atoms with Gasteiger partial charge in [0.2, 0.25) is 5.91 Å². The number of ether oxygens (including phenoxy) is 3. The Kier molecular flexibility index (Phi) is 6.65. The Hall–Kier alpha value is -2.73. The zero-order valence-electron chi connectivity index (χ0n) is 14.2. The number of hydrogen-bond acceptors (Lipinski definition) is 5. The highest BCUT2D eigenvalue weighted by atomic mass is 35.5. The van der Waals surface area contributed by atoms with Crippen LogP contribution < -0.4 is 19.6 Å². The smallest absolute Gasteiger partial charge is 0.244 e. The van der Waals surface area contributed by atoms with E-state index in [0.29, 0.717) is 22.1 Å². The largest absolute Gasteiger partial charge is 0.497 e. The molecule has 7 heteroatoms. The quantitative estimate of drug-likeness (QED) is 0.607. The minimum Gasteiger partial charge on any atom is -0.497 e. The average Bonchev–Trinajstić information content (AvgIpc) is 2.63. The van der Waals surface area contributed by atoms with E-state index in [4.69, 9.17) is 25.8 Å².